The van der Waals surface area contributed by atoms with Gasteiger partial charge in [-0.05, 0) is 38.1 Å². The molecule has 32 heavy (non-hydrogen) atoms. The SMILES string of the molecule is Cc1cc(NC(C)c2cccc(C(F)F)c2F)c2cc(N3CCNCC3)ccc2n1.Cl.Cl. The van der Waals surface area contributed by atoms with Crippen LogP contribution in [0.15, 0.2) is 42.5 Å². The molecule has 174 valence electrons. The lowest BCUT2D eigenvalue weighted by Gasteiger charge is -2.30. The van der Waals surface area contributed by atoms with Crippen LogP contribution in [0.5, 0.6) is 0 Å². The van der Waals surface area contributed by atoms with Crippen LogP contribution in [0.1, 0.15) is 36.2 Å². The van der Waals surface area contributed by atoms with Crippen LogP contribution in [0.25, 0.3) is 10.9 Å². The van der Waals surface area contributed by atoms with Crippen LogP contribution in [0, 0.1) is 12.7 Å². The quantitative estimate of drug-likeness (QED) is 0.460. The molecule has 0 spiro atoms. The number of aryl methyl sites for hydroxylation is 1. The van der Waals surface area contributed by atoms with E-state index in [9.17, 15) is 13.2 Å². The lowest BCUT2D eigenvalue weighted by atomic mass is 10.0. The Morgan fingerprint density at radius 1 is 1.03 bits per heavy atom. The van der Waals surface area contributed by atoms with Crippen molar-refractivity contribution in [3.05, 3.63) is 65.1 Å². The summed E-state index contributed by atoms with van der Waals surface area (Å²) in [6, 6.07) is 11.7. The second kappa shape index (κ2) is 11.1. The summed E-state index contributed by atoms with van der Waals surface area (Å²) >= 11 is 0. The molecule has 1 fully saturated rings. The van der Waals surface area contributed by atoms with Crippen LogP contribution in [-0.4, -0.2) is 31.2 Å². The van der Waals surface area contributed by atoms with Crippen molar-refractivity contribution in [1.29, 1.82) is 0 Å². The number of hydrogen-bond acceptors (Lipinski definition) is 4. The molecule has 4 rings (SSSR count). The molecular formula is C23H27Cl2F3N4. The Hall–Kier alpha value is -2.22. The fraction of sp³-hybridized carbons (Fsp3) is 0.348. The van der Waals surface area contributed by atoms with Gasteiger partial charge in [-0.3, -0.25) is 4.98 Å². The first kappa shape index (κ1) is 26.0. The summed E-state index contributed by atoms with van der Waals surface area (Å²) < 4.78 is 40.8. The molecule has 3 aromatic rings. The monoisotopic (exact) mass is 486 g/mol. The van der Waals surface area contributed by atoms with Crippen molar-refractivity contribution >= 4 is 47.1 Å². The van der Waals surface area contributed by atoms with Gasteiger partial charge in [-0.1, -0.05) is 18.2 Å². The summed E-state index contributed by atoms with van der Waals surface area (Å²) in [6.45, 7) is 7.40. The maximum Gasteiger partial charge on any atom is 0.266 e. The van der Waals surface area contributed by atoms with E-state index in [0.717, 1.165) is 60.2 Å². The summed E-state index contributed by atoms with van der Waals surface area (Å²) in [6.07, 6.45) is -2.84. The molecule has 1 atom stereocenters. The number of alkyl halides is 2. The molecule has 0 aliphatic carbocycles. The van der Waals surface area contributed by atoms with Crippen molar-refractivity contribution in [1.82, 2.24) is 10.3 Å². The Morgan fingerprint density at radius 2 is 1.72 bits per heavy atom. The Balaban J connectivity index is 0.00000181. The molecule has 1 aliphatic heterocycles. The summed E-state index contributed by atoms with van der Waals surface area (Å²) in [5.41, 5.74) is 3.23. The number of piperazine rings is 1. The van der Waals surface area contributed by atoms with Gasteiger partial charge in [0.15, 0.2) is 0 Å². The zero-order chi connectivity index (χ0) is 21.3. The molecule has 1 unspecified atom stereocenters. The minimum atomic E-state index is -2.84. The number of hydrogen-bond donors (Lipinski definition) is 2. The Kier molecular flexibility index (Phi) is 9.01. The van der Waals surface area contributed by atoms with Gasteiger partial charge < -0.3 is 15.5 Å². The highest BCUT2D eigenvalue weighted by molar-refractivity contribution is 5.94. The number of nitrogens with one attached hydrogen (secondary N) is 2. The second-order valence-corrected chi connectivity index (χ2v) is 7.67. The van der Waals surface area contributed by atoms with E-state index in [1.54, 1.807) is 13.0 Å². The lowest BCUT2D eigenvalue weighted by Crippen LogP contribution is -2.43. The predicted molar refractivity (Wildman–Crippen MR) is 129 cm³/mol. The number of halogens is 5. The predicted octanol–water partition coefficient (Wildman–Crippen LogP) is 6.05. The van der Waals surface area contributed by atoms with E-state index >= 15 is 0 Å². The van der Waals surface area contributed by atoms with Crippen LogP contribution >= 0.6 is 24.8 Å². The van der Waals surface area contributed by atoms with E-state index in [2.05, 4.69) is 32.7 Å². The summed E-state index contributed by atoms with van der Waals surface area (Å²) in [5, 5.41) is 7.60. The third kappa shape index (κ3) is 5.39. The largest absolute Gasteiger partial charge is 0.378 e. The Labute approximate surface area is 198 Å². The van der Waals surface area contributed by atoms with Crippen molar-refractivity contribution in [3.63, 3.8) is 0 Å². The molecule has 2 N–H and O–H groups in total. The first-order valence-corrected chi connectivity index (χ1v) is 10.1. The molecule has 0 radical (unpaired) electrons. The molecule has 2 aromatic carbocycles. The van der Waals surface area contributed by atoms with Crippen molar-refractivity contribution in [2.45, 2.75) is 26.3 Å². The molecule has 0 bridgehead atoms. The van der Waals surface area contributed by atoms with Gasteiger partial charge in [0.2, 0.25) is 0 Å². The molecule has 2 heterocycles. The standard InChI is InChI=1S/C23H25F3N4.2ClH/c1-14-12-21(29-15(2)17-4-3-5-18(22(17)24)23(25)26)19-13-16(6-7-20(19)28-14)30-10-8-27-9-11-30;;/h3-7,12-13,15,23,27H,8-11H2,1-2H3,(H,28,29);2*1H. The number of fused-ring (bicyclic) bond motifs is 1. The molecule has 9 heteroatoms. The fourth-order valence-corrected chi connectivity index (χ4v) is 3.97. The lowest BCUT2D eigenvalue weighted by molar-refractivity contribution is 0.146. The zero-order valence-electron chi connectivity index (χ0n) is 17.9. The third-order valence-corrected chi connectivity index (χ3v) is 5.53. The number of aromatic nitrogens is 1. The molecule has 0 saturated carbocycles. The van der Waals surface area contributed by atoms with Crippen LogP contribution in [0.3, 0.4) is 0 Å². The van der Waals surface area contributed by atoms with E-state index in [-0.39, 0.29) is 30.4 Å². The summed E-state index contributed by atoms with van der Waals surface area (Å²) in [7, 11) is 0. The van der Waals surface area contributed by atoms with Gasteiger partial charge in [0.25, 0.3) is 6.43 Å². The average Bonchev–Trinajstić information content (AvgIpc) is 2.74. The Morgan fingerprint density at radius 3 is 2.41 bits per heavy atom. The number of anilines is 2. The maximum atomic E-state index is 14.6. The van der Waals surface area contributed by atoms with E-state index in [1.165, 1.54) is 6.07 Å². The van der Waals surface area contributed by atoms with Gasteiger partial charge in [0, 0.05) is 54.2 Å². The van der Waals surface area contributed by atoms with Crippen LogP contribution < -0.4 is 15.5 Å². The van der Waals surface area contributed by atoms with Gasteiger partial charge >= 0.3 is 0 Å². The highest BCUT2D eigenvalue weighted by atomic mass is 35.5. The summed E-state index contributed by atoms with van der Waals surface area (Å²) in [4.78, 5) is 6.93. The molecule has 1 aliphatic rings. The average molecular weight is 487 g/mol. The molecule has 1 aromatic heterocycles. The van der Waals surface area contributed by atoms with Gasteiger partial charge in [-0.15, -0.1) is 24.8 Å². The fourth-order valence-electron chi connectivity index (χ4n) is 3.97. The van der Waals surface area contributed by atoms with Crippen molar-refractivity contribution in [2.75, 3.05) is 36.4 Å². The second-order valence-electron chi connectivity index (χ2n) is 7.67. The van der Waals surface area contributed by atoms with Crippen LogP contribution in [-0.2, 0) is 0 Å². The van der Waals surface area contributed by atoms with Crippen molar-refractivity contribution in [3.8, 4) is 0 Å². The number of rotatable bonds is 5. The zero-order valence-corrected chi connectivity index (χ0v) is 19.5. The number of nitrogens with zero attached hydrogens (tertiary/aromatic N) is 2. The van der Waals surface area contributed by atoms with Crippen LogP contribution in [0.2, 0.25) is 0 Å². The van der Waals surface area contributed by atoms with Crippen molar-refractivity contribution in [2.24, 2.45) is 0 Å². The van der Waals surface area contributed by atoms with Gasteiger partial charge in [-0.2, -0.15) is 0 Å². The minimum absolute atomic E-state index is 0. The first-order chi connectivity index (χ1) is 14.4. The number of pyridine rings is 1. The van der Waals surface area contributed by atoms with Gasteiger partial charge in [0.05, 0.1) is 17.1 Å². The minimum Gasteiger partial charge on any atom is -0.378 e. The van der Waals surface area contributed by atoms with Gasteiger partial charge in [0.1, 0.15) is 5.82 Å². The van der Waals surface area contributed by atoms with Crippen molar-refractivity contribution < 1.29 is 13.2 Å². The normalized spacial score (nSPS) is 14.6. The molecule has 1 saturated heterocycles. The Bertz CT molecular complexity index is 1060. The highest BCUT2D eigenvalue weighted by Gasteiger charge is 2.20. The topological polar surface area (TPSA) is 40.2 Å². The molecule has 4 nitrogen and oxygen atoms in total. The third-order valence-electron chi connectivity index (χ3n) is 5.53. The van der Waals surface area contributed by atoms with Gasteiger partial charge in [-0.25, -0.2) is 13.2 Å². The maximum absolute atomic E-state index is 14.6. The summed E-state index contributed by atoms with van der Waals surface area (Å²) in [5.74, 6) is -0.857. The molecular weight excluding hydrogens is 460 g/mol. The van der Waals surface area contributed by atoms with E-state index in [4.69, 9.17) is 0 Å². The highest BCUT2D eigenvalue weighted by Crippen LogP contribution is 2.33. The van der Waals surface area contributed by atoms with E-state index in [1.807, 2.05) is 19.1 Å². The van der Waals surface area contributed by atoms with E-state index in [0.29, 0.717) is 0 Å². The van der Waals surface area contributed by atoms with E-state index < -0.39 is 23.8 Å². The smallest absolute Gasteiger partial charge is 0.266 e. The van der Waals surface area contributed by atoms with Crippen LogP contribution in [0.4, 0.5) is 24.5 Å². The molecule has 0 amide bonds. The number of benzene rings is 2. The first-order valence-electron chi connectivity index (χ1n) is 10.1.